The summed E-state index contributed by atoms with van der Waals surface area (Å²) in [5.74, 6) is -0.288. The highest BCUT2D eigenvalue weighted by Gasteiger charge is 2.12. The summed E-state index contributed by atoms with van der Waals surface area (Å²) < 4.78 is 1.52. The van der Waals surface area contributed by atoms with Crippen molar-refractivity contribution in [2.24, 2.45) is 5.73 Å². The molecule has 7 heteroatoms. The normalized spacial score (nSPS) is 12.4. The maximum atomic E-state index is 11.6. The van der Waals surface area contributed by atoms with Crippen LogP contribution in [0.4, 0.5) is 0 Å². The number of nitrogens with one attached hydrogen (secondary N) is 1. The average molecular weight is 227 g/mol. The fraction of sp³-hybridized carbons (Fsp3) is 0.667. The van der Waals surface area contributed by atoms with E-state index in [0.717, 1.165) is 0 Å². The molecule has 1 aromatic heterocycles. The Kier molecular flexibility index (Phi) is 4.87. The monoisotopic (exact) mass is 227 g/mol. The fourth-order valence-electron chi connectivity index (χ4n) is 1.21. The van der Waals surface area contributed by atoms with E-state index in [4.69, 9.17) is 10.8 Å². The van der Waals surface area contributed by atoms with Gasteiger partial charge in [-0.2, -0.15) is 0 Å². The molecule has 90 valence electrons. The Labute approximate surface area is 93.6 Å². The number of aliphatic hydroxyl groups excluding tert-OH is 1. The number of nitrogens with two attached hydrogens (primary N) is 1. The van der Waals surface area contributed by atoms with E-state index in [0.29, 0.717) is 19.5 Å². The predicted octanol–water partition coefficient (Wildman–Crippen LogP) is -1.26. The standard InChI is InChI=1S/C9H17N5O2/c1-7(2-5-15)11-9(16)8-6-14(4-3-10)13-12-8/h6-7,15H,2-5,10H2,1H3,(H,11,16). The zero-order valence-corrected chi connectivity index (χ0v) is 9.26. The summed E-state index contributed by atoms with van der Waals surface area (Å²) in [6.45, 7) is 2.84. The van der Waals surface area contributed by atoms with E-state index in [1.54, 1.807) is 6.20 Å². The van der Waals surface area contributed by atoms with Gasteiger partial charge in [-0.3, -0.25) is 9.48 Å². The van der Waals surface area contributed by atoms with Crippen LogP contribution in [0.25, 0.3) is 0 Å². The van der Waals surface area contributed by atoms with Gasteiger partial charge in [0.1, 0.15) is 0 Å². The van der Waals surface area contributed by atoms with Gasteiger partial charge < -0.3 is 16.2 Å². The molecule has 0 aliphatic heterocycles. The van der Waals surface area contributed by atoms with Gasteiger partial charge in [0, 0.05) is 19.2 Å². The van der Waals surface area contributed by atoms with Crippen LogP contribution >= 0.6 is 0 Å². The van der Waals surface area contributed by atoms with E-state index >= 15 is 0 Å². The Morgan fingerprint density at radius 2 is 2.50 bits per heavy atom. The molecule has 0 bridgehead atoms. The van der Waals surface area contributed by atoms with Crippen LogP contribution in [0.15, 0.2) is 6.20 Å². The van der Waals surface area contributed by atoms with Crippen molar-refractivity contribution in [1.29, 1.82) is 0 Å². The van der Waals surface area contributed by atoms with E-state index in [1.807, 2.05) is 6.92 Å². The highest BCUT2D eigenvalue weighted by molar-refractivity contribution is 5.92. The summed E-state index contributed by atoms with van der Waals surface area (Å²) in [6.07, 6.45) is 2.07. The van der Waals surface area contributed by atoms with Crippen LogP contribution in [-0.2, 0) is 6.54 Å². The smallest absolute Gasteiger partial charge is 0.273 e. The van der Waals surface area contributed by atoms with Crippen LogP contribution < -0.4 is 11.1 Å². The van der Waals surface area contributed by atoms with Crippen molar-refractivity contribution >= 4 is 5.91 Å². The third kappa shape index (κ3) is 3.59. The first-order chi connectivity index (χ1) is 7.67. The number of carbonyl (C=O) groups is 1. The Morgan fingerprint density at radius 3 is 3.12 bits per heavy atom. The number of amides is 1. The first-order valence-corrected chi connectivity index (χ1v) is 5.19. The minimum Gasteiger partial charge on any atom is -0.396 e. The highest BCUT2D eigenvalue weighted by Crippen LogP contribution is 1.96. The lowest BCUT2D eigenvalue weighted by atomic mass is 10.2. The van der Waals surface area contributed by atoms with Crippen LogP contribution in [0.3, 0.4) is 0 Å². The van der Waals surface area contributed by atoms with Crippen molar-refractivity contribution in [3.8, 4) is 0 Å². The third-order valence-electron chi connectivity index (χ3n) is 2.07. The molecule has 1 rings (SSSR count). The minimum atomic E-state index is -0.288. The molecule has 1 atom stereocenters. The zero-order valence-electron chi connectivity index (χ0n) is 9.26. The Hall–Kier alpha value is -1.47. The summed E-state index contributed by atoms with van der Waals surface area (Å²) in [7, 11) is 0. The molecule has 0 aliphatic rings. The van der Waals surface area contributed by atoms with Gasteiger partial charge in [-0.1, -0.05) is 5.21 Å². The number of rotatable bonds is 6. The van der Waals surface area contributed by atoms with Gasteiger partial charge in [0.25, 0.3) is 5.91 Å². The molecule has 0 spiro atoms. The predicted molar refractivity (Wildman–Crippen MR) is 57.7 cm³/mol. The van der Waals surface area contributed by atoms with Crippen molar-refractivity contribution in [3.05, 3.63) is 11.9 Å². The van der Waals surface area contributed by atoms with Crippen molar-refractivity contribution in [2.45, 2.75) is 25.9 Å². The SMILES string of the molecule is CC(CCO)NC(=O)c1cn(CCN)nn1. The van der Waals surface area contributed by atoms with E-state index < -0.39 is 0 Å². The molecule has 0 radical (unpaired) electrons. The van der Waals surface area contributed by atoms with Gasteiger partial charge in [0.05, 0.1) is 12.7 Å². The van der Waals surface area contributed by atoms with E-state index in [-0.39, 0.29) is 24.2 Å². The quantitative estimate of drug-likeness (QED) is 0.562. The van der Waals surface area contributed by atoms with Gasteiger partial charge in [-0.05, 0) is 13.3 Å². The lowest BCUT2D eigenvalue weighted by Gasteiger charge is -2.10. The van der Waals surface area contributed by atoms with E-state index in [2.05, 4.69) is 15.6 Å². The van der Waals surface area contributed by atoms with Crippen molar-refractivity contribution in [2.75, 3.05) is 13.2 Å². The molecule has 0 aromatic carbocycles. The number of hydrogen-bond donors (Lipinski definition) is 3. The fourth-order valence-corrected chi connectivity index (χ4v) is 1.21. The lowest BCUT2D eigenvalue weighted by Crippen LogP contribution is -2.33. The van der Waals surface area contributed by atoms with Crippen LogP contribution in [0.2, 0.25) is 0 Å². The minimum absolute atomic E-state index is 0.0430. The van der Waals surface area contributed by atoms with Crippen LogP contribution in [-0.4, -0.2) is 45.2 Å². The molecule has 1 aromatic rings. The van der Waals surface area contributed by atoms with Gasteiger partial charge in [-0.15, -0.1) is 5.10 Å². The third-order valence-corrected chi connectivity index (χ3v) is 2.07. The molecule has 7 nitrogen and oxygen atoms in total. The summed E-state index contributed by atoms with van der Waals surface area (Å²) in [4.78, 5) is 11.6. The van der Waals surface area contributed by atoms with Gasteiger partial charge in [-0.25, -0.2) is 0 Å². The second kappa shape index (κ2) is 6.19. The molecular formula is C9H17N5O2. The largest absolute Gasteiger partial charge is 0.396 e. The van der Waals surface area contributed by atoms with Gasteiger partial charge in [0.15, 0.2) is 5.69 Å². The topological polar surface area (TPSA) is 106 Å². The molecule has 0 saturated heterocycles. The summed E-state index contributed by atoms with van der Waals surface area (Å²) in [5, 5.41) is 18.9. The first-order valence-electron chi connectivity index (χ1n) is 5.19. The number of aliphatic hydroxyl groups is 1. The molecule has 0 saturated carbocycles. The average Bonchev–Trinajstić information content (AvgIpc) is 2.67. The van der Waals surface area contributed by atoms with E-state index in [1.165, 1.54) is 4.68 Å². The summed E-state index contributed by atoms with van der Waals surface area (Å²) in [6, 6.07) is -0.0860. The number of hydrogen-bond acceptors (Lipinski definition) is 5. The molecule has 16 heavy (non-hydrogen) atoms. The van der Waals surface area contributed by atoms with Gasteiger partial charge in [0.2, 0.25) is 0 Å². The Bertz CT molecular complexity index is 338. The van der Waals surface area contributed by atoms with Crippen LogP contribution in [0.5, 0.6) is 0 Å². The first kappa shape index (κ1) is 12.6. The van der Waals surface area contributed by atoms with E-state index in [9.17, 15) is 4.79 Å². The summed E-state index contributed by atoms with van der Waals surface area (Å²) >= 11 is 0. The second-order valence-corrected chi connectivity index (χ2v) is 3.54. The van der Waals surface area contributed by atoms with Crippen LogP contribution in [0.1, 0.15) is 23.8 Å². The van der Waals surface area contributed by atoms with Crippen molar-refractivity contribution in [3.63, 3.8) is 0 Å². The van der Waals surface area contributed by atoms with Crippen LogP contribution in [0, 0.1) is 0 Å². The van der Waals surface area contributed by atoms with Gasteiger partial charge >= 0.3 is 0 Å². The molecule has 4 N–H and O–H groups in total. The molecule has 1 unspecified atom stereocenters. The maximum absolute atomic E-state index is 11.6. The Balaban J connectivity index is 2.52. The number of aromatic nitrogens is 3. The second-order valence-electron chi connectivity index (χ2n) is 3.54. The highest BCUT2D eigenvalue weighted by atomic mass is 16.3. The lowest BCUT2D eigenvalue weighted by molar-refractivity contribution is 0.0929. The van der Waals surface area contributed by atoms with Crippen molar-refractivity contribution in [1.82, 2.24) is 20.3 Å². The summed E-state index contributed by atoms with van der Waals surface area (Å²) in [5.41, 5.74) is 5.61. The zero-order chi connectivity index (χ0) is 12.0. The number of carbonyl (C=O) groups excluding carboxylic acids is 1. The Morgan fingerprint density at radius 1 is 1.75 bits per heavy atom. The number of nitrogens with zero attached hydrogens (tertiary/aromatic N) is 3. The molecule has 1 heterocycles. The molecule has 0 aliphatic carbocycles. The van der Waals surface area contributed by atoms with Crippen molar-refractivity contribution < 1.29 is 9.90 Å². The maximum Gasteiger partial charge on any atom is 0.273 e. The molecule has 1 amide bonds. The molecule has 0 fully saturated rings. The molecular weight excluding hydrogens is 210 g/mol.